The second-order valence-electron chi connectivity index (χ2n) is 6.96. The maximum Gasteiger partial charge on any atom is 0.412 e. The molecule has 0 radical (unpaired) electrons. The normalized spacial score (nSPS) is 12.8. The molecule has 196 valence electrons. The van der Waals surface area contributed by atoms with Gasteiger partial charge in [-0.1, -0.05) is 13.8 Å². The zero-order chi connectivity index (χ0) is 26.2. The van der Waals surface area contributed by atoms with Crippen molar-refractivity contribution in [1.82, 2.24) is 9.55 Å². The third kappa shape index (κ3) is 12.3. The monoisotopic (exact) mass is 531 g/mol. The van der Waals surface area contributed by atoms with Gasteiger partial charge in [-0.05, 0) is 5.92 Å². The van der Waals surface area contributed by atoms with Crippen LogP contribution in [0.1, 0.15) is 13.8 Å². The zero-order valence-corrected chi connectivity index (χ0v) is 18.6. The van der Waals surface area contributed by atoms with Gasteiger partial charge in [0.05, 0.1) is 19.8 Å². The average Bonchev–Trinajstić information content (AvgIpc) is 2.69. The van der Waals surface area contributed by atoms with Crippen LogP contribution in [0.3, 0.4) is 0 Å². The maximum atomic E-state index is 14.1. The number of anilines is 1. The molecule has 1 heterocycles. The molecule has 10 nitrogen and oxygen atoms in total. The maximum absolute atomic E-state index is 14.1. The summed E-state index contributed by atoms with van der Waals surface area (Å²) >= 11 is 0. The van der Waals surface area contributed by atoms with E-state index in [0.717, 1.165) is 0 Å². The molecule has 0 aliphatic carbocycles. The summed E-state index contributed by atoms with van der Waals surface area (Å²) in [5, 5.41) is 1.93. The van der Waals surface area contributed by atoms with Gasteiger partial charge < -0.3 is 9.47 Å². The van der Waals surface area contributed by atoms with Crippen molar-refractivity contribution in [3.8, 4) is 0 Å². The topological polar surface area (TPSA) is 118 Å². The molecule has 0 unspecified atom stereocenters. The van der Waals surface area contributed by atoms with E-state index >= 15 is 0 Å². The Kier molecular flexibility index (Phi) is 10.9. The standard InChI is InChI=1S/C16H21F7N3O7P/c1-10(2)6-31-14(28)25-12-11(17)5-26(13(27)24-12)3-4-30-9-34(29,32-7-15(18,19)20)33-8-16(21,22)23/h5,10H,3-4,6-9H2,1-2H3,(H,24,25,27,28). The molecular weight excluding hydrogens is 510 g/mol. The van der Waals surface area contributed by atoms with E-state index in [2.05, 4.69) is 14.0 Å². The minimum absolute atomic E-state index is 0.00964. The summed E-state index contributed by atoms with van der Waals surface area (Å²) in [5.41, 5.74) is -1.09. The molecule has 1 N–H and O–H groups in total. The van der Waals surface area contributed by atoms with Gasteiger partial charge in [0.15, 0.2) is 24.8 Å². The van der Waals surface area contributed by atoms with Crippen molar-refractivity contribution in [3.63, 3.8) is 0 Å². The Bertz CT molecular complexity index is 900. The van der Waals surface area contributed by atoms with Crippen molar-refractivity contribution in [2.45, 2.75) is 32.7 Å². The van der Waals surface area contributed by atoms with Crippen LogP contribution in [-0.4, -0.2) is 60.8 Å². The fourth-order valence-electron chi connectivity index (χ4n) is 1.88. The predicted octanol–water partition coefficient (Wildman–Crippen LogP) is 3.91. The van der Waals surface area contributed by atoms with E-state index in [9.17, 15) is 44.9 Å². The first kappa shape index (κ1) is 29.8. The number of rotatable bonds is 12. The summed E-state index contributed by atoms with van der Waals surface area (Å²) in [6.45, 7) is -1.93. The van der Waals surface area contributed by atoms with Crippen LogP contribution in [-0.2, 0) is 29.6 Å². The molecule has 0 fully saturated rings. The molecule has 0 aliphatic rings. The molecule has 0 aliphatic heterocycles. The number of hydrogen-bond donors (Lipinski definition) is 1. The molecule has 0 saturated carbocycles. The molecule has 0 bridgehead atoms. The van der Waals surface area contributed by atoms with E-state index in [0.29, 0.717) is 10.8 Å². The fraction of sp³-hybridized carbons (Fsp3) is 0.688. The molecule has 1 aromatic heterocycles. The summed E-state index contributed by atoms with van der Waals surface area (Å²) in [4.78, 5) is 26.8. The van der Waals surface area contributed by atoms with Crippen LogP contribution in [0.4, 0.5) is 41.3 Å². The lowest BCUT2D eigenvalue weighted by atomic mass is 10.2. The third-order valence-electron chi connectivity index (χ3n) is 3.29. The largest absolute Gasteiger partial charge is 0.449 e. The molecule has 18 heteroatoms. The Balaban J connectivity index is 2.71. The number of hydrogen-bond acceptors (Lipinski definition) is 8. The molecule has 0 saturated heterocycles. The lowest BCUT2D eigenvalue weighted by Gasteiger charge is -2.20. The number of nitrogens with zero attached hydrogens (tertiary/aromatic N) is 2. The first-order chi connectivity index (χ1) is 15.5. The minimum atomic E-state index is -5.01. The van der Waals surface area contributed by atoms with Crippen molar-refractivity contribution in [2.24, 2.45) is 5.92 Å². The Labute approximate surface area is 187 Å². The van der Waals surface area contributed by atoms with Gasteiger partial charge >= 0.3 is 31.7 Å². The van der Waals surface area contributed by atoms with Gasteiger partial charge in [-0.3, -0.25) is 23.5 Å². The molecule has 1 rings (SSSR count). The SMILES string of the molecule is CC(C)COC(=O)Nc1nc(=O)n(CCOCP(=O)(OCC(F)(F)F)OCC(F)(F)F)cc1F. The number of carbonyl (C=O) groups is 1. The second-order valence-corrected chi connectivity index (χ2v) is 8.95. The van der Waals surface area contributed by atoms with E-state index in [4.69, 9.17) is 9.47 Å². The van der Waals surface area contributed by atoms with E-state index in [1.165, 1.54) is 0 Å². The van der Waals surface area contributed by atoms with Gasteiger partial charge in [0.25, 0.3) is 0 Å². The van der Waals surface area contributed by atoms with Crippen LogP contribution < -0.4 is 11.0 Å². The van der Waals surface area contributed by atoms with Crippen molar-refractivity contribution in [3.05, 3.63) is 22.5 Å². The molecule has 34 heavy (non-hydrogen) atoms. The van der Waals surface area contributed by atoms with Gasteiger partial charge in [0.1, 0.15) is 6.35 Å². The highest BCUT2D eigenvalue weighted by Gasteiger charge is 2.38. The molecule has 0 spiro atoms. The minimum Gasteiger partial charge on any atom is -0.449 e. The highest BCUT2D eigenvalue weighted by atomic mass is 31.2. The number of halogens is 7. The molecule has 0 atom stereocenters. The molecule has 1 amide bonds. The highest BCUT2D eigenvalue weighted by molar-refractivity contribution is 7.53. The smallest absolute Gasteiger partial charge is 0.412 e. The van der Waals surface area contributed by atoms with Crippen LogP contribution >= 0.6 is 7.60 Å². The predicted molar refractivity (Wildman–Crippen MR) is 101 cm³/mol. The van der Waals surface area contributed by atoms with Crippen LogP contribution in [0.2, 0.25) is 0 Å². The van der Waals surface area contributed by atoms with E-state index in [1.807, 2.05) is 5.32 Å². The van der Waals surface area contributed by atoms with E-state index < -0.39 is 76.1 Å². The van der Waals surface area contributed by atoms with Crippen molar-refractivity contribution in [1.29, 1.82) is 0 Å². The number of amides is 1. The Morgan fingerprint density at radius 1 is 1.15 bits per heavy atom. The first-order valence-corrected chi connectivity index (χ1v) is 11.0. The first-order valence-electron chi connectivity index (χ1n) is 9.30. The summed E-state index contributed by atoms with van der Waals surface area (Å²) < 4.78 is 118. The summed E-state index contributed by atoms with van der Waals surface area (Å²) in [7, 11) is -4.99. The van der Waals surface area contributed by atoms with Crippen LogP contribution in [0.5, 0.6) is 0 Å². The number of carbonyl (C=O) groups excluding carboxylic acids is 1. The number of nitrogens with one attached hydrogen (secondary N) is 1. The van der Waals surface area contributed by atoms with E-state index in [-0.39, 0.29) is 12.5 Å². The van der Waals surface area contributed by atoms with Gasteiger partial charge in [-0.15, -0.1) is 0 Å². The summed E-state index contributed by atoms with van der Waals surface area (Å²) in [6.07, 6.45) is -11.8. The molecular formula is C16H21F7N3O7P. The molecule has 0 aromatic carbocycles. The Morgan fingerprint density at radius 2 is 1.71 bits per heavy atom. The number of aromatic nitrogens is 2. The fourth-order valence-corrected chi connectivity index (χ4v) is 3.15. The van der Waals surface area contributed by atoms with Gasteiger partial charge in [0, 0.05) is 6.20 Å². The van der Waals surface area contributed by atoms with Gasteiger partial charge in [-0.25, -0.2) is 14.0 Å². The summed E-state index contributed by atoms with van der Waals surface area (Å²) in [6, 6.07) is 0. The number of alkyl halides is 6. The van der Waals surface area contributed by atoms with Crippen molar-refractivity contribution < 1.29 is 58.6 Å². The average molecular weight is 531 g/mol. The third-order valence-corrected chi connectivity index (χ3v) is 4.84. The molecule has 1 aromatic rings. The quantitative estimate of drug-likeness (QED) is 0.245. The van der Waals surface area contributed by atoms with Crippen LogP contribution in [0.15, 0.2) is 11.0 Å². The second kappa shape index (κ2) is 12.5. The Morgan fingerprint density at radius 3 is 2.21 bits per heavy atom. The van der Waals surface area contributed by atoms with Crippen molar-refractivity contribution >= 4 is 19.5 Å². The van der Waals surface area contributed by atoms with Crippen LogP contribution in [0, 0.1) is 11.7 Å². The van der Waals surface area contributed by atoms with E-state index in [1.54, 1.807) is 13.8 Å². The van der Waals surface area contributed by atoms with Crippen molar-refractivity contribution in [2.75, 3.05) is 38.1 Å². The van der Waals surface area contributed by atoms with Crippen LogP contribution in [0.25, 0.3) is 0 Å². The van der Waals surface area contributed by atoms with Gasteiger partial charge in [0.2, 0.25) is 0 Å². The highest BCUT2D eigenvalue weighted by Crippen LogP contribution is 2.50. The zero-order valence-electron chi connectivity index (χ0n) is 17.7. The number of ether oxygens (including phenoxy) is 2. The lowest BCUT2D eigenvalue weighted by molar-refractivity contribution is -0.166. The lowest BCUT2D eigenvalue weighted by Crippen LogP contribution is -2.28. The van der Waals surface area contributed by atoms with Gasteiger partial charge in [-0.2, -0.15) is 31.3 Å². The summed E-state index contributed by atoms with van der Waals surface area (Å²) in [5.74, 6) is -1.90. The Hall–Kier alpha value is -2.23.